The summed E-state index contributed by atoms with van der Waals surface area (Å²) in [5.74, 6) is -0.482. The predicted molar refractivity (Wildman–Crippen MR) is 121 cm³/mol. The number of hydrogen-bond acceptors (Lipinski definition) is 6. The molecule has 0 fully saturated rings. The predicted octanol–water partition coefficient (Wildman–Crippen LogP) is 2.36. The highest BCUT2D eigenvalue weighted by molar-refractivity contribution is 7.09. The molecule has 1 radical (unpaired) electrons. The van der Waals surface area contributed by atoms with Crippen molar-refractivity contribution in [2.75, 3.05) is 6.54 Å². The van der Waals surface area contributed by atoms with Crippen molar-refractivity contribution in [1.29, 1.82) is 5.41 Å². The van der Waals surface area contributed by atoms with Crippen molar-refractivity contribution >= 4 is 29.1 Å². The molecule has 0 aliphatic rings. The highest BCUT2D eigenvalue weighted by atomic mass is 32.1. The minimum Gasteiger partial charge on any atom is -0.352 e. The van der Waals surface area contributed by atoms with Gasteiger partial charge in [0.25, 0.3) is 5.96 Å². The van der Waals surface area contributed by atoms with E-state index in [9.17, 15) is 19.7 Å². The number of carbonyl (C=O) groups is 2. The van der Waals surface area contributed by atoms with Crippen LogP contribution in [-0.4, -0.2) is 35.4 Å². The Kier molecular flexibility index (Phi) is 12.9. The second-order valence-corrected chi connectivity index (χ2v) is 8.59. The molecule has 31 heavy (non-hydrogen) atoms. The van der Waals surface area contributed by atoms with Crippen molar-refractivity contribution in [3.63, 3.8) is 0 Å². The van der Waals surface area contributed by atoms with Crippen LogP contribution in [0.5, 0.6) is 0 Å². The minimum absolute atomic E-state index is 0.175. The molecule has 1 atom stereocenters. The molecule has 0 bridgehead atoms. The Morgan fingerprint density at radius 3 is 2.71 bits per heavy atom. The third-order valence-electron chi connectivity index (χ3n) is 4.32. The molecule has 0 unspecified atom stereocenters. The maximum absolute atomic E-state index is 12.5. The number of amides is 2. The van der Waals surface area contributed by atoms with Gasteiger partial charge in [-0.1, -0.05) is 25.3 Å². The first-order chi connectivity index (χ1) is 14.8. The van der Waals surface area contributed by atoms with Crippen LogP contribution in [0.4, 0.5) is 0 Å². The number of rotatable bonds is 15. The van der Waals surface area contributed by atoms with Crippen LogP contribution < -0.4 is 21.4 Å². The van der Waals surface area contributed by atoms with E-state index in [1.54, 1.807) is 23.3 Å². The molecule has 0 aliphatic carbocycles. The number of nitrogens with zero attached hydrogens (tertiary/aromatic N) is 1. The molecular formula is C20H33N6O4S. The average Bonchev–Trinajstić information content (AvgIpc) is 3.20. The molecule has 0 aliphatic heterocycles. The molecule has 1 rings (SSSR count). The summed E-state index contributed by atoms with van der Waals surface area (Å²) in [7, 11) is 0. The van der Waals surface area contributed by atoms with Crippen molar-refractivity contribution < 1.29 is 14.6 Å². The summed E-state index contributed by atoms with van der Waals surface area (Å²) in [6.07, 6.45) is 4.45. The third-order valence-corrected chi connectivity index (χ3v) is 5.25. The quantitative estimate of drug-likeness (QED) is 0.0905. The fourth-order valence-electron chi connectivity index (χ4n) is 2.72. The number of nitrogens with one attached hydrogen (secondary N) is 5. The van der Waals surface area contributed by atoms with E-state index in [-0.39, 0.29) is 18.4 Å². The van der Waals surface area contributed by atoms with Crippen molar-refractivity contribution in [1.82, 2.24) is 21.4 Å². The van der Waals surface area contributed by atoms with Gasteiger partial charge in [-0.05, 0) is 55.9 Å². The Morgan fingerprint density at radius 1 is 1.29 bits per heavy atom. The number of guanidine groups is 1. The fraction of sp³-hybridized carbons (Fsp3) is 0.600. The van der Waals surface area contributed by atoms with Crippen molar-refractivity contribution in [3.8, 4) is 0 Å². The maximum Gasteiger partial charge on any atom is 0.251 e. The fourth-order valence-corrected chi connectivity index (χ4v) is 3.47. The summed E-state index contributed by atoms with van der Waals surface area (Å²) in [4.78, 5) is 36.4. The third kappa shape index (κ3) is 13.3. The number of hydrogen-bond donors (Lipinski definition) is 5. The number of nitro groups is 1. The number of hydrazine groups is 1. The van der Waals surface area contributed by atoms with Gasteiger partial charge in [-0.15, -0.1) is 11.3 Å². The van der Waals surface area contributed by atoms with Gasteiger partial charge in [0.2, 0.25) is 11.8 Å². The average molecular weight is 454 g/mol. The molecule has 0 saturated heterocycles. The van der Waals surface area contributed by atoms with Crippen LogP contribution in [-0.2, 0) is 16.0 Å². The molecule has 2 amide bonds. The second-order valence-electron chi connectivity index (χ2n) is 7.56. The molecule has 0 spiro atoms. The Balaban J connectivity index is 2.42. The number of thiophene rings is 1. The van der Waals surface area contributed by atoms with Crippen LogP contribution in [0.2, 0.25) is 0 Å². The lowest BCUT2D eigenvalue weighted by Gasteiger charge is -2.19. The van der Waals surface area contributed by atoms with E-state index in [1.165, 1.54) is 4.88 Å². The van der Waals surface area contributed by atoms with Crippen LogP contribution in [0, 0.1) is 28.0 Å². The van der Waals surface area contributed by atoms with Crippen LogP contribution >= 0.6 is 11.3 Å². The van der Waals surface area contributed by atoms with Gasteiger partial charge in [-0.3, -0.25) is 15.0 Å². The highest BCUT2D eigenvalue weighted by Crippen LogP contribution is 2.12. The summed E-state index contributed by atoms with van der Waals surface area (Å²) >= 11 is 1.70. The molecule has 1 heterocycles. The Labute approximate surface area is 187 Å². The summed E-state index contributed by atoms with van der Waals surface area (Å²) in [5, 5.41) is 27.0. The lowest BCUT2D eigenvalue weighted by Crippen LogP contribution is -2.46. The molecule has 0 saturated carbocycles. The van der Waals surface area contributed by atoms with Crippen molar-refractivity contribution in [2.45, 2.75) is 64.8 Å². The number of aryl methyl sites for hydroxylation is 1. The van der Waals surface area contributed by atoms with E-state index in [1.807, 2.05) is 25.3 Å². The van der Waals surface area contributed by atoms with Gasteiger partial charge < -0.3 is 16.0 Å². The van der Waals surface area contributed by atoms with Gasteiger partial charge in [0.1, 0.15) is 6.04 Å². The lowest BCUT2D eigenvalue weighted by atomic mass is 10.1. The summed E-state index contributed by atoms with van der Waals surface area (Å²) < 4.78 is 0. The first-order valence-electron chi connectivity index (χ1n) is 10.4. The van der Waals surface area contributed by atoms with E-state index >= 15 is 0 Å². The SMILES string of the molecule is CC(C)C[CH]NC(=O)[C@H](CCCNC(=N)N[N+](=O)[O-])NC(=O)CCCCc1cccs1. The van der Waals surface area contributed by atoms with Crippen LogP contribution in [0.15, 0.2) is 17.5 Å². The standard InChI is InChI=1S/C20H33N6O4S/c1-15(2)11-13-22-19(28)17(9-5-12-23-20(21)25-26(29)30)24-18(27)10-4-3-7-16-8-6-14-31-16/h6,8,13-15,17H,3-5,7,9-12H2,1-2H3,(H,22,28)(H,24,27)(H3,21,23,25)/t17-/m0/s1. The van der Waals surface area contributed by atoms with Crippen LogP contribution in [0.25, 0.3) is 0 Å². The van der Waals surface area contributed by atoms with E-state index in [4.69, 9.17) is 5.41 Å². The van der Waals surface area contributed by atoms with E-state index in [0.717, 1.165) is 25.7 Å². The smallest absolute Gasteiger partial charge is 0.251 e. The molecular weight excluding hydrogens is 420 g/mol. The molecule has 11 heteroatoms. The van der Waals surface area contributed by atoms with E-state index in [2.05, 4.69) is 22.0 Å². The van der Waals surface area contributed by atoms with E-state index in [0.29, 0.717) is 25.2 Å². The molecule has 5 N–H and O–H groups in total. The van der Waals surface area contributed by atoms with E-state index < -0.39 is 17.0 Å². The van der Waals surface area contributed by atoms with Gasteiger partial charge in [0.15, 0.2) is 5.03 Å². The summed E-state index contributed by atoms with van der Waals surface area (Å²) in [6.45, 7) is 6.04. The second kappa shape index (κ2) is 15.2. The first kappa shape index (κ1) is 26.3. The zero-order valence-electron chi connectivity index (χ0n) is 18.1. The number of carbonyl (C=O) groups excluding carboxylic acids is 2. The van der Waals surface area contributed by atoms with Gasteiger partial charge >= 0.3 is 0 Å². The Bertz CT molecular complexity index is 696. The normalized spacial score (nSPS) is 11.6. The highest BCUT2D eigenvalue weighted by Gasteiger charge is 2.20. The Hall–Kier alpha value is -2.69. The molecule has 173 valence electrons. The van der Waals surface area contributed by atoms with Crippen LogP contribution in [0.1, 0.15) is 57.2 Å². The molecule has 0 aromatic carbocycles. The maximum atomic E-state index is 12.5. The monoisotopic (exact) mass is 453 g/mol. The van der Waals surface area contributed by atoms with Crippen LogP contribution in [0.3, 0.4) is 0 Å². The minimum atomic E-state index is -0.825. The summed E-state index contributed by atoms with van der Waals surface area (Å²) in [6, 6.07) is 3.39. The zero-order valence-corrected chi connectivity index (χ0v) is 18.9. The zero-order chi connectivity index (χ0) is 23.1. The van der Waals surface area contributed by atoms with Crippen molar-refractivity contribution in [3.05, 3.63) is 39.0 Å². The van der Waals surface area contributed by atoms with Gasteiger partial charge in [-0.25, -0.2) is 10.1 Å². The number of unbranched alkanes of at least 4 members (excludes halogenated alkanes) is 1. The van der Waals surface area contributed by atoms with Gasteiger partial charge in [-0.2, -0.15) is 0 Å². The Morgan fingerprint density at radius 2 is 2.06 bits per heavy atom. The molecule has 10 nitrogen and oxygen atoms in total. The topological polar surface area (TPSA) is 149 Å². The molecule has 1 aromatic rings. The van der Waals surface area contributed by atoms with Gasteiger partial charge in [0, 0.05) is 24.4 Å². The summed E-state index contributed by atoms with van der Waals surface area (Å²) in [5.41, 5.74) is 1.70. The largest absolute Gasteiger partial charge is 0.352 e. The van der Waals surface area contributed by atoms with Crippen molar-refractivity contribution in [2.24, 2.45) is 5.92 Å². The van der Waals surface area contributed by atoms with Gasteiger partial charge in [0.05, 0.1) is 0 Å². The molecule has 1 aromatic heterocycles. The lowest BCUT2D eigenvalue weighted by molar-refractivity contribution is -0.525. The first-order valence-corrected chi connectivity index (χ1v) is 11.3.